The van der Waals surface area contributed by atoms with E-state index in [1.807, 2.05) is 0 Å². The summed E-state index contributed by atoms with van der Waals surface area (Å²) in [6.45, 7) is 3.23. The molecule has 0 bridgehead atoms. The highest BCUT2D eigenvalue weighted by molar-refractivity contribution is 5.97. The summed E-state index contributed by atoms with van der Waals surface area (Å²) in [5.74, 6) is 0.242. The molecule has 1 aromatic rings. The summed E-state index contributed by atoms with van der Waals surface area (Å²) >= 11 is 0. The van der Waals surface area contributed by atoms with Crippen LogP contribution >= 0.6 is 0 Å². The minimum Gasteiger partial charge on any atom is -0.493 e. The fraction of sp³-hybridized carbons (Fsp3) is 0.385. The average Bonchev–Trinajstić information content (AvgIpc) is 2.39. The van der Waals surface area contributed by atoms with E-state index in [2.05, 4.69) is 0 Å². The van der Waals surface area contributed by atoms with E-state index in [9.17, 15) is 19.7 Å². The van der Waals surface area contributed by atoms with Gasteiger partial charge in [0.05, 0.1) is 16.9 Å². The highest BCUT2D eigenvalue weighted by Gasteiger charge is 2.26. The largest absolute Gasteiger partial charge is 0.493 e. The Balaban J connectivity index is 2.48. The number of carbonyl (C=O) groups excluding carboxylic acids is 2. The lowest BCUT2D eigenvalue weighted by Crippen LogP contribution is -2.27. The fourth-order valence-electron chi connectivity index (χ4n) is 1.31. The van der Waals surface area contributed by atoms with E-state index in [4.69, 9.17) is 4.74 Å². The van der Waals surface area contributed by atoms with Crippen LogP contribution in [0.3, 0.4) is 0 Å². The molecule has 1 rings (SSSR count). The van der Waals surface area contributed by atoms with Crippen LogP contribution < -0.4 is 4.74 Å². The number of non-ortho nitro benzene ring substituents is 1. The first-order chi connectivity index (χ1) is 8.86. The molecule has 0 saturated heterocycles. The third-order valence-electron chi connectivity index (χ3n) is 2.66. The Morgan fingerprint density at radius 1 is 1.37 bits per heavy atom. The van der Waals surface area contributed by atoms with Gasteiger partial charge in [0.25, 0.3) is 5.69 Å². The van der Waals surface area contributed by atoms with Crippen LogP contribution in [0.4, 0.5) is 5.69 Å². The summed E-state index contributed by atoms with van der Waals surface area (Å²) in [5, 5.41) is 10.4. The maximum Gasteiger partial charge on any atom is 0.269 e. The molecule has 102 valence electrons. The quantitative estimate of drug-likeness (QED) is 0.326. The van der Waals surface area contributed by atoms with Crippen LogP contribution in [0.1, 0.15) is 20.3 Å². The molecule has 0 heterocycles. The Kier molecular flexibility index (Phi) is 4.74. The molecule has 1 aromatic carbocycles. The van der Waals surface area contributed by atoms with Crippen molar-refractivity contribution in [2.45, 2.75) is 20.3 Å². The smallest absolute Gasteiger partial charge is 0.269 e. The van der Waals surface area contributed by atoms with Crippen molar-refractivity contribution in [1.29, 1.82) is 0 Å². The standard InChI is InChI=1S/C13H15NO5/c1-13(2,9-15)12(16)7-8-19-11-5-3-10(4-6-11)14(17)18/h3-6,9H,7-8H2,1-2H3. The zero-order valence-electron chi connectivity index (χ0n) is 10.8. The average molecular weight is 265 g/mol. The van der Waals surface area contributed by atoms with Gasteiger partial charge in [0.1, 0.15) is 17.8 Å². The molecule has 6 heteroatoms. The number of nitro benzene ring substituents is 1. The van der Waals surface area contributed by atoms with Crippen molar-refractivity contribution in [2.24, 2.45) is 5.41 Å². The first-order valence-corrected chi connectivity index (χ1v) is 5.73. The number of benzene rings is 1. The molecule has 0 unspecified atom stereocenters. The number of nitrogens with zero attached hydrogens (tertiary/aromatic N) is 1. The lowest BCUT2D eigenvalue weighted by Gasteiger charge is -2.15. The fourth-order valence-corrected chi connectivity index (χ4v) is 1.31. The van der Waals surface area contributed by atoms with Crippen molar-refractivity contribution >= 4 is 17.8 Å². The molecule has 0 spiro atoms. The van der Waals surface area contributed by atoms with Gasteiger partial charge in [-0.15, -0.1) is 0 Å². The van der Waals surface area contributed by atoms with Crippen molar-refractivity contribution in [1.82, 2.24) is 0 Å². The van der Waals surface area contributed by atoms with Crippen molar-refractivity contribution in [2.75, 3.05) is 6.61 Å². The van der Waals surface area contributed by atoms with E-state index >= 15 is 0 Å². The highest BCUT2D eigenvalue weighted by atomic mass is 16.6. The van der Waals surface area contributed by atoms with Crippen molar-refractivity contribution in [3.63, 3.8) is 0 Å². The number of ether oxygens (including phenoxy) is 1. The molecule has 0 fully saturated rings. The summed E-state index contributed by atoms with van der Waals surface area (Å²) in [6, 6.07) is 5.58. The number of aldehydes is 1. The van der Waals surface area contributed by atoms with E-state index in [-0.39, 0.29) is 24.5 Å². The van der Waals surface area contributed by atoms with Crippen molar-refractivity contribution < 1.29 is 19.2 Å². The predicted molar refractivity (Wildman–Crippen MR) is 68.1 cm³/mol. The predicted octanol–water partition coefficient (Wildman–Crippen LogP) is 2.16. The van der Waals surface area contributed by atoms with Gasteiger partial charge in [0.2, 0.25) is 0 Å². The number of nitro groups is 1. The Labute approximate surface area is 110 Å². The normalized spacial score (nSPS) is 10.8. The molecule has 0 aliphatic carbocycles. The number of hydrogen-bond acceptors (Lipinski definition) is 5. The second kappa shape index (κ2) is 6.08. The van der Waals surface area contributed by atoms with Crippen molar-refractivity contribution in [3.8, 4) is 5.75 Å². The molecule has 0 aliphatic heterocycles. The SMILES string of the molecule is CC(C)(C=O)C(=O)CCOc1ccc([N+](=O)[O-])cc1. The molecule has 0 saturated carbocycles. The summed E-state index contributed by atoms with van der Waals surface area (Å²) < 4.78 is 5.29. The first-order valence-electron chi connectivity index (χ1n) is 5.73. The van der Waals surface area contributed by atoms with Gasteiger partial charge in [-0.3, -0.25) is 14.9 Å². The van der Waals surface area contributed by atoms with Gasteiger partial charge in [-0.25, -0.2) is 0 Å². The maximum atomic E-state index is 11.6. The zero-order valence-corrected chi connectivity index (χ0v) is 10.8. The van der Waals surface area contributed by atoms with Gasteiger partial charge in [-0.2, -0.15) is 0 Å². The number of Topliss-reactive ketones (excluding diaryl/α,β-unsaturated/α-hetero) is 1. The van der Waals surface area contributed by atoms with E-state index in [1.54, 1.807) is 13.8 Å². The monoisotopic (exact) mass is 265 g/mol. The molecule has 0 atom stereocenters. The van der Waals surface area contributed by atoms with Crippen LogP contribution in [0.25, 0.3) is 0 Å². The molecule has 0 radical (unpaired) electrons. The minimum atomic E-state index is -1.00. The molecule has 6 nitrogen and oxygen atoms in total. The lowest BCUT2D eigenvalue weighted by molar-refractivity contribution is -0.384. The summed E-state index contributed by atoms with van der Waals surface area (Å²) in [4.78, 5) is 32.3. The number of carbonyl (C=O) groups is 2. The van der Waals surface area contributed by atoms with Crippen LogP contribution in [0.15, 0.2) is 24.3 Å². The third-order valence-corrected chi connectivity index (χ3v) is 2.66. The Bertz CT molecular complexity index is 478. The van der Waals surface area contributed by atoms with E-state index in [1.165, 1.54) is 24.3 Å². The lowest BCUT2D eigenvalue weighted by atomic mass is 9.88. The summed E-state index contributed by atoms with van der Waals surface area (Å²) in [6.07, 6.45) is 0.726. The van der Waals surface area contributed by atoms with E-state index < -0.39 is 10.3 Å². The van der Waals surface area contributed by atoms with E-state index in [0.29, 0.717) is 12.0 Å². The molecular formula is C13H15NO5. The molecular weight excluding hydrogens is 250 g/mol. The van der Waals surface area contributed by atoms with Crippen LogP contribution in [-0.4, -0.2) is 23.6 Å². The zero-order chi connectivity index (χ0) is 14.5. The third kappa shape index (κ3) is 4.17. The molecule has 0 amide bonds. The van der Waals surface area contributed by atoms with Crippen LogP contribution in [0.2, 0.25) is 0 Å². The van der Waals surface area contributed by atoms with Gasteiger partial charge < -0.3 is 9.53 Å². The Hall–Kier alpha value is -2.24. The van der Waals surface area contributed by atoms with Crippen LogP contribution in [0.5, 0.6) is 5.75 Å². The topological polar surface area (TPSA) is 86.5 Å². The second-order valence-corrected chi connectivity index (χ2v) is 4.61. The Morgan fingerprint density at radius 3 is 2.42 bits per heavy atom. The van der Waals surface area contributed by atoms with Crippen LogP contribution in [-0.2, 0) is 9.59 Å². The first kappa shape index (κ1) is 14.8. The van der Waals surface area contributed by atoms with Gasteiger partial charge in [-0.05, 0) is 26.0 Å². The van der Waals surface area contributed by atoms with Gasteiger partial charge >= 0.3 is 0 Å². The number of hydrogen-bond donors (Lipinski definition) is 0. The minimum absolute atomic E-state index is 0.0227. The molecule has 0 N–H and O–H groups in total. The summed E-state index contributed by atoms with van der Waals surface area (Å²) in [7, 11) is 0. The van der Waals surface area contributed by atoms with E-state index in [0.717, 1.165) is 0 Å². The molecule has 19 heavy (non-hydrogen) atoms. The van der Waals surface area contributed by atoms with Gasteiger partial charge in [0, 0.05) is 18.6 Å². The number of rotatable bonds is 7. The maximum absolute atomic E-state index is 11.6. The molecule has 0 aliphatic rings. The van der Waals surface area contributed by atoms with Gasteiger partial charge in [-0.1, -0.05) is 0 Å². The second-order valence-electron chi connectivity index (χ2n) is 4.61. The van der Waals surface area contributed by atoms with Crippen LogP contribution in [0, 0.1) is 15.5 Å². The highest BCUT2D eigenvalue weighted by Crippen LogP contribution is 2.18. The van der Waals surface area contributed by atoms with Crippen molar-refractivity contribution in [3.05, 3.63) is 34.4 Å². The number of ketones is 1. The van der Waals surface area contributed by atoms with Gasteiger partial charge in [0.15, 0.2) is 0 Å². The molecule has 0 aromatic heterocycles. The Morgan fingerprint density at radius 2 is 1.95 bits per heavy atom. The summed E-state index contributed by atoms with van der Waals surface area (Å²) in [5.41, 5.74) is -1.02.